The van der Waals surface area contributed by atoms with Crippen molar-refractivity contribution in [2.75, 3.05) is 0 Å². The normalized spacial score (nSPS) is 11.1. The SMILES string of the molecule is O=C(Cc1cccc(C(F)(F)F)c1)NNC(=O)c1cc(-c2ccccc2)n[nH]1. The number of carbonyl (C=O) groups is 2. The molecule has 0 aliphatic carbocycles. The maximum Gasteiger partial charge on any atom is 0.416 e. The van der Waals surface area contributed by atoms with Gasteiger partial charge in [0.15, 0.2) is 0 Å². The Balaban J connectivity index is 1.56. The van der Waals surface area contributed by atoms with Gasteiger partial charge >= 0.3 is 6.18 Å². The van der Waals surface area contributed by atoms with Gasteiger partial charge in [-0.25, -0.2) is 0 Å². The first kappa shape index (κ1) is 19.2. The summed E-state index contributed by atoms with van der Waals surface area (Å²) in [5.74, 6) is -1.29. The van der Waals surface area contributed by atoms with E-state index in [1.807, 2.05) is 30.3 Å². The van der Waals surface area contributed by atoms with E-state index in [1.54, 1.807) is 0 Å². The van der Waals surface area contributed by atoms with E-state index in [1.165, 1.54) is 18.2 Å². The lowest BCUT2D eigenvalue weighted by molar-refractivity contribution is -0.137. The molecule has 2 aromatic carbocycles. The largest absolute Gasteiger partial charge is 0.416 e. The Morgan fingerprint density at radius 2 is 1.71 bits per heavy atom. The molecular weight excluding hydrogens is 373 g/mol. The predicted molar refractivity (Wildman–Crippen MR) is 94.8 cm³/mol. The maximum absolute atomic E-state index is 12.7. The van der Waals surface area contributed by atoms with Gasteiger partial charge < -0.3 is 0 Å². The number of halogens is 3. The average molecular weight is 388 g/mol. The highest BCUT2D eigenvalue weighted by atomic mass is 19.4. The zero-order valence-corrected chi connectivity index (χ0v) is 14.4. The van der Waals surface area contributed by atoms with Crippen molar-refractivity contribution in [2.45, 2.75) is 12.6 Å². The Labute approximate surface area is 157 Å². The third-order valence-electron chi connectivity index (χ3n) is 3.83. The number of rotatable bonds is 4. The van der Waals surface area contributed by atoms with Gasteiger partial charge in [0, 0.05) is 5.56 Å². The van der Waals surface area contributed by atoms with Crippen LogP contribution in [0.15, 0.2) is 60.7 Å². The van der Waals surface area contributed by atoms with Gasteiger partial charge in [0.1, 0.15) is 5.69 Å². The zero-order valence-electron chi connectivity index (χ0n) is 14.4. The molecule has 0 unspecified atom stereocenters. The summed E-state index contributed by atoms with van der Waals surface area (Å²) in [5.41, 5.74) is 5.19. The molecule has 1 aromatic heterocycles. The average Bonchev–Trinajstić information content (AvgIpc) is 3.17. The third kappa shape index (κ3) is 4.76. The molecule has 0 atom stereocenters. The molecule has 3 N–H and O–H groups in total. The van der Waals surface area contributed by atoms with Crippen LogP contribution in [0.25, 0.3) is 11.3 Å². The molecule has 3 aromatic rings. The second kappa shape index (κ2) is 7.95. The standard InChI is InChI=1S/C19H15F3N4O2/c20-19(21,22)14-8-4-5-12(9-14)10-17(27)25-26-18(28)16-11-15(23-24-16)13-6-2-1-3-7-13/h1-9,11H,10H2,(H,23,24)(H,25,27)(H,26,28). The first-order valence-electron chi connectivity index (χ1n) is 8.19. The Kier molecular flexibility index (Phi) is 5.44. The molecule has 28 heavy (non-hydrogen) atoms. The van der Waals surface area contributed by atoms with Crippen molar-refractivity contribution in [3.63, 3.8) is 0 Å². The molecule has 0 aliphatic heterocycles. The van der Waals surface area contributed by atoms with Gasteiger partial charge in [0.05, 0.1) is 17.7 Å². The molecule has 6 nitrogen and oxygen atoms in total. The third-order valence-corrected chi connectivity index (χ3v) is 3.83. The molecule has 0 saturated carbocycles. The molecule has 0 bridgehead atoms. The summed E-state index contributed by atoms with van der Waals surface area (Å²) >= 11 is 0. The quantitative estimate of drug-likeness (QED) is 0.601. The number of nitrogens with zero attached hydrogens (tertiary/aromatic N) is 1. The Hall–Kier alpha value is -3.62. The van der Waals surface area contributed by atoms with Gasteiger partial charge in [0.25, 0.3) is 5.91 Å². The topological polar surface area (TPSA) is 86.9 Å². The summed E-state index contributed by atoms with van der Waals surface area (Å²) in [5, 5.41) is 6.59. The van der Waals surface area contributed by atoms with E-state index >= 15 is 0 Å². The highest BCUT2D eigenvalue weighted by molar-refractivity contribution is 5.94. The number of H-pyrrole nitrogens is 1. The van der Waals surface area contributed by atoms with Gasteiger partial charge in [-0.05, 0) is 17.7 Å². The minimum Gasteiger partial charge on any atom is -0.273 e. The van der Waals surface area contributed by atoms with Crippen molar-refractivity contribution in [1.82, 2.24) is 21.0 Å². The van der Waals surface area contributed by atoms with E-state index in [9.17, 15) is 22.8 Å². The molecule has 2 amide bonds. The van der Waals surface area contributed by atoms with Crippen LogP contribution in [-0.4, -0.2) is 22.0 Å². The van der Waals surface area contributed by atoms with Crippen LogP contribution in [0, 0.1) is 0 Å². The molecule has 3 rings (SSSR count). The fraction of sp³-hybridized carbons (Fsp3) is 0.105. The minimum atomic E-state index is -4.49. The van der Waals surface area contributed by atoms with Gasteiger partial charge in [0.2, 0.25) is 5.91 Å². The van der Waals surface area contributed by atoms with Crippen LogP contribution >= 0.6 is 0 Å². The van der Waals surface area contributed by atoms with E-state index < -0.39 is 23.6 Å². The predicted octanol–water partition coefficient (Wildman–Crippen LogP) is 3.10. The van der Waals surface area contributed by atoms with Crippen LogP contribution in [0.2, 0.25) is 0 Å². The summed E-state index contributed by atoms with van der Waals surface area (Å²) in [4.78, 5) is 24.0. The van der Waals surface area contributed by atoms with Crippen LogP contribution in [0.4, 0.5) is 13.2 Å². The number of hydrazine groups is 1. The summed E-state index contributed by atoms with van der Waals surface area (Å²) in [6.07, 6.45) is -4.81. The molecule has 0 spiro atoms. The lowest BCUT2D eigenvalue weighted by Gasteiger charge is -2.09. The number of aromatic nitrogens is 2. The van der Waals surface area contributed by atoms with Crippen molar-refractivity contribution < 1.29 is 22.8 Å². The monoisotopic (exact) mass is 388 g/mol. The molecular formula is C19H15F3N4O2. The molecule has 144 valence electrons. The van der Waals surface area contributed by atoms with E-state index in [2.05, 4.69) is 21.0 Å². The van der Waals surface area contributed by atoms with Crippen molar-refractivity contribution >= 4 is 11.8 Å². The summed E-state index contributed by atoms with van der Waals surface area (Å²) in [7, 11) is 0. The smallest absolute Gasteiger partial charge is 0.273 e. The lowest BCUT2D eigenvalue weighted by Crippen LogP contribution is -2.42. The van der Waals surface area contributed by atoms with Gasteiger partial charge in [-0.1, -0.05) is 48.5 Å². The van der Waals surface area contributed by atoms with Crippen LogP contribution in [-0.2, 0) is 17.4 Å². The zero-order chi connectivity index (χ0) is 20.1. The van der Waals surface area contributed by atoms with E-state index in [0.29, 0.717) is 5.69 Å². The van der Waals surface area contributed by atoms with E-state index in [-0.39, 0.29) is 17.7 Å². The molecule has 0 fully saturated rings. The van der Waals surface area contributed by atoms with Gasteiger partial charge in [-0.2, -0.15) is 18.3 Å². The van der Waals surface area contributed by atoms with Crippen LogP contribution < -0.4 is 10.9 Å². The Morgan fingerprint density at radius 1 is 0.964 bits per heavy atom. The molecule has 0 radical (unpaired) electrons. The molecule has 0 aliphatic rings. The maximum atomic E-state index is 12.7. The van der Waals surface area contributed by atoms with Crippen molar-refractivity contribution in [1.29, 1.82) is 0 Å². The number of alkyl halides is 3. The highest BCUT2D eigenvalue weighted by Crippen LogP contribution is 2.29. The number of aromatic amines is 1. The molecule has 1 heterocycles. The number of hydrogen-bond donors (Lipinski definition) is 3. The second-order valence-corrected chi connectivity index (χ2v) is 5.91. The van der Waals surface area contributed by atoms with E-state index in [0.717, 1.165) is 17.7 Å². The summed E-state index contributed by atoms with van der Waals surface area (Å²) < 4.78 is 38.1. The Bertz CT molecular complexity index is 984. The van der Waals surface area contributed by atoms with Crippen molar-refractivity contribution in [2.24, 2.45) is 0 Å². The Morgan fingerprint density at radius 3 is 2.43 bits per heavy atom. The number of nitrogens with one attached hydrogen (secondary N) is 3. The number of carbonyl (C=O) groups excluding carboxylic acids is 2. The minimum absolute atomic E-state index is 0.123. The van der Waals surface area contributed by atoms with Crippen molar-refractivity contribution in [3.05, 3.63) is 77.5 Å². The molecule has 0 saturated heterocycles. The van der Waals surface area contributed by atoms with Crippen molar-refractivity contribution in [3.8, 4) is 11.3 Å². The fourth-order valence-electron chi connectivity index (χ4n) is 2.48. The number of benzene rings is 2. The van der Waals surface area contributed by atoms with Crippen LogP contribution in [0.1, 0.15) is 21.6 Å². The fourth-order valence-corrected chi connectivity index (χ4v) is 2.48. The summed E-state index contributed by atoms with van der Waals surface area (Å²) in [6.45, 7) is 0. The second-order valence-electron chi connectivity index (χ2n) is 5.91. The number of hydrogen-bond acceptors (Lipinski definition) is 3. The van der Waals surface area contributed by atoms with Gasteiger partial charge in [-0.3, -0.25) is 25.5 Å². The molecule has 9 heteroatoms. The lowest BCUT2D eigenvalue weighted by atomic mass is 10.1. The van der Waals surface area contributed by atoms with Crippen LogP contribution in [0.5, 0.6) is 0 Å². The van der Waals surface area contributed by atoms with Gasteiger partial charge in [-0.15, -0.1) is 0 Å². The van der Waals surface area contributed by atoms with Crippen LogP contribution in [0.3, 0.4) is 0 Å². The first-order chi connectivity index (χ1) is 13.3. The first-order valence-corrected chi connectivity index (χ1v) is 8.19. The number of amides is 2. The summed E-state index contributed by atoms with van der Waals surface area (Å²) in [6, 6.07) is 15.1. The van der Waals surface area contributed by atoms with E-state index in [4.69, 9.17) is 0 Å². The highest BCUT2D eigenvalue weighted by Gasteiger charge is 2.30.